The molecule has 0 unspecified atom stereocenters. The number of aromatic carboxylic acids is 1. The lowest BCUT2D eigenvalue weighted by Crippen LogP contribution is -2.04. The van der Waals surface area contributed by atoms with E-state index in [9.17, 15) is 22.4 Å². The number of carboxylic acids is 1. The second-order valence-corrected chi connectivity index (χ2v) is 7.76. The topological polar surface area (TPSA) is 67.2 Å². The Kier molecular flexibility index (Phi) is 6.30. The van der Waals surface area contributed by atoms with Gasteiger partial charge >= 0.3 is 12.1 Å². The second-order valence-electron chi connectivity index (χ2n) is 7.36. The molecule has 34 heavy (non-hydrogen) atoms. The van der Waals surface area contributed by atoms with Gasteiger partial charge in [0, 0.05) is 29.6 Å². The van der Waals surface area contributed by atoms with E-state index in [-0.39, 0.29) is 17.1 Å². The van der Waals surface area contributed by atoms with Crippen LogP contribution in [0.4, 0.5) is 23.2 Å². The Morgan fingerprint density at radius 1 is 1.03 bits per heavy atom. The zero-order valence-corrected chi connectivity index (χ0v) is 18.0. The van der Waals surface area contributed by atoms with Gasteiger partial charge in [-0.1, -0.05) is 23.7 Å². The minimum atomic E-state index is -4.46. The van der Waals surface area contributed by atoms with E-state index in [1.54, 1.807) is 18.3 Å². The fourth-order valence-electron chi connectivity index (χ4n) is 3.29. The predicted octanol–water partition coefficient (Wildman–Crippen LogP) is 6.66. The SMILES string of the molecule is O=C(O)c1ccc(-n2cc(CNc3ccc(F)c(Cl)c3)c(-c3ccc(C(F)(F)F)cc3)n2)cc1. The average molecular weight is 490 g/mol. The molecule has 10 heteroatoms. The monoisotopic (exact) mass is 489 g/mol. The lowest BCUT2D eigenvalue weighted by atomic mass is 10.1. The zero-order chi connectivity index (χ0) is 24.5. The van der Waals surface area contributed by atoms with E-state index >= 15 is 0 Å². The van der Waals surface area contributed by atoms with E-state index in [2.05, 4.69) is 10.4 Å². The summed E-state index contributed by atoms with van der Waals surface area (Å²) < 4.78 is 53.9. The summed E-state index contributed by atoms with van der Waals surface area (Å²) in [5.41, 5.74) is 1.97. The first-order valence-electron chi connectivity index (χ1n) is 9.90. The summed E-state index contributed by atoms with van der Waals surface area (Å²) in [6.07, 6.45) is -2.78. The van der Waals surface area contributed by atoms with Gasteiger partial charge in [0.25, 0.3) is 0 Å². The van der Waals surface area contributed by atoms with Crippen molar-refractivity contribution in [3.05, 3.63) is 100 Å². The molecule has 4 aromatic rings. The van der Waals surface area contributed by atoms with Crippen molar-refractivity contribution in [1.29, 1.82) is 0 Å². The molecule has 0 atom stereocenters. The van der Waals surface area contributed by atoms with Gasteiger partial charge in [0.15, 0.2) is 0 Å². The van der Waals surface area contributed by atoms with Crippen molar-refractivity contribution >= 4 is 23.3 Å². The number of nitrogens with zero attached hydrogens (tertiary/aromatic N) is 2. The Labute approximate surface area is 196 Å². The van der Waals surface area contributed by atoms with Crippen LogP contribution >= 0.6 is 11.6 Å². The van der Waals surface area contributed by atoms with Gasteiger partial charge < -0.3 is 10.4 Å². The number of rotatable bonds is 6. The van der Waals surface area contributed by atoms with Gasteiger partial charge in [-0.2, -0.15) is 18.3 Å². The van der Waals surface area contributed by atoms with Crippen LogP contribution in [-0.2, 0) is 12.7 Å². The molecule has 1 aromatic heterocycles. The van der Waals surface area contributed by atoms with E-state index in [1.807, 2.05) is 0 Å². The summed E-state index contributed by atoms with van der Waals surface area (Å²) in [7, 11) is 0. The summed E-state index contributed by atoms with van der Waals surface area (Å²) in [5, 5.41) is 16.7. The van der Waals surface area contributed by atoms with Crippen molar-refractivity contribution in [2.45, 2.75) is 12.7 Å². The standard InChI is InChI=1S/C24H16ClF4N3O2/c25-20-11-18(7-10-21(20)26)30-12-16-13-32(19-8-3-15(4-9-19)23(33)34)31-22(16)14-1-5-17(6-2-14)24(27,28)29/h1-11,13,30H,12H2,(H,33,34). The molecule has 0 spiro atoms. The van der Waals surface area contributed by atoms with Gasteiger partial charge in [-0.25, -0.2) is 13.9 Å². The molecule has 0 saturated heterocycles. The molecule has 0 fully saturated rings. The number of hydrogen-bond acceptors (Lipinski definition) is 3. The smallest absolute Gasteiger partial charge is 0.416 e. The van der Waals surface area contributed by atoms with Crippen molar-refractivity contribution in [2.75, 3.05) is 5.32 Å². The number of nitrogens with one attached hydrogen (secondary N) is 1. The van der Waals surface area contributed by atoms with Gasteiger partial charge in [0.1, 0.15) is 5.82 Å². The van der Waals surface area contributed by atoms with Crippen LogP contribution < -0.4 is 5.32 Å². The van der Waals surface area contributed by atoms with E-state index in [0.717, 1.165) is 12.1 Å². The van der Waals surface area contributed by atoms with Crippen LogP contribution in [0, 0.1) is 5.82 Å². The summed E-state index contributed by atoms with van der Waals surface area (Å²) in [4.78, 5) is 11.1. The molecule has 4 rings (SSSR count). The first-order valence-corrected chi connectivity index (χ1v) is 10.3. The Bertz CT molecular complexity index is 1330. The lowest BCUT2D eigenvalue weighted by Gasteiger charge is -2.09. The number of halogens is 5. The third-order valence-electron chi connectivity index (χ3n) is 5.06. The van der Waals surface area contributed by atoms with E-state index in [4.69, 9.17) is 16.7 Å². The number of anilines is 1. The molecule has 2 N–H and O–H groups in total. The average Bonchev–Trinajstić information content (AvgIpc) is 3.24. The van der Waals surface area contributed by atoms with Crippen LogP contribution in [-0.4, -0.2) is 20.9 Å². The van der Waals surface area contributed by atoms with Gasteiger partial charge in [-0.15, -0.1) is 0 Å². The lowest BCUT2D eigenvalue weighted by molar-refractivity contribution is -0.137. The fourth-order valence-corrected chi connectivity index (χ4v) is 3.47. The molecule has 5 nitrogen and oxygen atoms in total. The Morgan fingerprint density at radius 3 is 2.29 bits per heavy atom. The number of aromatic nitrogens is 2. The summed E-state index contributed by atoms with van der Waals surface area (Å²) in [6, 6.07) is 14.8. The van der Waals surface area contributed by atoms with Crippen molar-refractivity contribution < 1.29 is 27.5 Å². The van der Waals surface area contributed by atoms with E-state index < -0.39 is 23.5 Å². The molecule has 0 radical (unpaired) electrons. The fraction of sp³-hybridized carbons (Fsp3) is 0.0833. The first kappa shape index (κ1) is 23.3. The van der Waals surface area contributed by atoms with E-state index in [0.29, 0.717) is 28.2 Å². The molecule has 174 valence electrons. The molecule has 0 aliphatic rings. The maximum Gasteiger partial charge on any atom is 0.416 e. The largest absolute Gasteiger partial charge is 0.478 e. The van der Waals surface area contributed by atoms with Crippen molar-refractivity contribution in [2.24, 2.45) is 0 Å². The van der Waals surface area contributed by atoms with Gasteiger partial charge in [-0.3, -0.25) is 0 Å². The van der Waals surface area contributed by atoms with Crippen LogP contribution in [0.5, 0.6) is 0 Å². The van der Waals surface area contributed by atoms with Crippen LogP contribution in [0.1, 0.15) is 21.5 Å². The number of alkyl halides is 3. The van der Waals surface area contributed by atoms with E-state index in [1.165, 1.54) is 47.1 Å². The zero-order valence-electron chi connectivity index (χ0n) is 17.3. The Balaban J connectivity index is 1.70. The Hall–Kier alpha value is -3.85. The summed E-state index contributed by atoms with van der Waals surface area (Å²) in [5.74, 6) is -1.63. The van der Waals surface area contributed by atoms with Crippen molar-refractivity contribution in [3.63, 3.8) is 0 Å². The first-order chi connectivity index (χ1) is 16.1. The van der Waals surface area contributed by atoms with Gasteiger partial charge in [0.05, 0.1) is 27.5 Å². The third-order valence-corrected chi connectivity index (χ3v) is 5.35. The van der Waals surface area contributed by atoms with Crippen LogP contribution in [0.25, 0.3) is 16.9 Å². The van der Waals surface area contributed by atoms with Crippen LogP contribution in [0.2, 0.25) is 5.02 Å². The minimum Gasteiger partial charge on any atom is -0.478 e. The minimum absolute atomic E-state index is 0.0535. The highest BCUT2D eigenvalue weighted by Gasteiger charge is 2.30. The third kappa shape index (κ3) is 5.04. The highest BCUT2D eigenvalue weighted by atomic mass is 35.5. The van der Waals surface area contributed by atoms with Crippen molar-refractivity contribution in [3.8, 4) is 16.9 Å². The van der Waals surface area contributed by atoms with Crippen LogP contribution in [0.15, 0.2) is 72.9 Å². The Morgan fingerprint density at radius 2 is 1.71 bits per heavy atom. The molecule has 0 saturated carbocycles. The number of hydrogen-bond donors (Lipinski definition) is 2. The van der Waals surface area contributed by atoms with Gasteiger partial charge in [-0.05, 0) is 54.6 Å². The molecular weight excluding hydrogens is 474 g/mol. The molecule has 0 aliphatic carbocycles. The molecule has 0 aliphatic heterocycles. The number of benzene rings is 3. The molecule has 1 heterocycles. The molecular formula is C24H16ClF4N3O2. The highest BCUT2D eigenvalue weighted by molar-refractivity contribution is 6.31. The van der Waals surface area contributed by atoms with Gasteiger partial charge in [0.2, 0.25) is 0 Å². The number of carboxylic acid groups (broad SMARTS) is 1. The normalized spacial score (nSPS) is 11.4. The van der Waals surface area contributed by atoms with Crippen LogP contribution in [0.3, 0.4) is 0 Å². The number of carbonyl (C=O) groups is 1. The predicted molar refractivity (Wildman–Crippen MR) is 120 cm³/mol. The molecule has 3 aromatic carbocycles. The maximum atomic E-state index is 13.4. The highest BCUT2D eigenvalue weighted by Crippen LogP contribution is 2.32. The molecule has 0 bridgehead atoms. The molecule has 0 amide bonds. The maximum absolute atomic E-state index is 13.4. The summed E-state index contributed by atoms with van der Waals surface area (Å²) >= 11 is 5.83. The second kappa shape index (κ2) is 9.18. The quantitative estimate of drug-likeness (QED) is 0.297. The van der Waals surface area contributed by atoms with Crippen molar-refractivity contribution in [1.82, 2.24) is 9.78 Å². The summed E-state index contributed by atoms with van der Waals surface area (Å²) in [6.45, 7) is 0.214.